The van der Waals surface area contributed by atoms with Crippen molar-refractivity contribution in [3.63, 3.8) is 0 Å². The lowest BCUT2D eigenvalue weighted by molar-refractivity contribution is -0.118. The minimum absolute atomic E-state index is 0.287. The Morgan fingerprint density at radius 2 is 0.781 bits per heavy atom. The lowest BCUT2D eigenvalue weighted by Crippen LogP contribution is -1.95. The Balaban J connectivity index is -0.0000000929. The normalized spacial score (nSPS) is 10.4. The third-order valence-electron chi connectivity index (χ3n) is 8.71. The molecule has 0 heterocycles. The van der Waals surface area contributed by atoms with Gasteiger partial charge in [-0.3, -0.25) is 0 Å². The van der Waals surface area contributed by atoms with Crippen LogP contribution in [0.2, 0.25) is 0 Å². The Morgan fingerprint density at radius 3 is 0.922 bits per heavy atom. The van der Waals surface area contributed by atoms with Crippen molar-refractivity contribution in [3.05, 3.63) is 35.4 Å². The Kier molecular flexibility index (Phi) is 66.7. The molecule has 0 aliphatic carbocycles. The molecule has 0 aliphatic rings. The first-order valence-electron chi connectivity index (χ1n) is 26.4. The van der Waals surface area contributed by atoms with Crippen molar-refractivity contribution in [3.8, 4) is 0 Å². The fourth-order valence-corrected chi connectivity index (χ4v) is 4.58. The van der Waals surface area contributed by atoms with Crippen LogP contribution in [0.1, 0.15) is 276 Å². The van der Waals surface area contributed by atoms with Gasteiger partial charge in [-0.15, -0.1) is 0 Å². The smallest absolute Gasteiger partial charge is 0.130 e. The number of carbonyl (C=O) groups is 3. The molecule has 0 fully saturated rings. The molecule has 64 heavy (non-hydrogen) atoms. The molecule has 3 heteroatoms. The molecule has 0 amide bonds. The lowest BCUT2D eigenvalue weighted by Gasteiger charge is -2.05. The van der Waals surface area contributed by atoms with Crippen molar-refractivity contribution in [2.45, 2.75) is 278 Å². The second-order valence-electron chi connectivity index (χ2n) is 24.0. The van der Waals surface area contributed by atoms with Crippen LogP contribution in [-0.2, 0) is 20.8 Å². The summed E-state index contributed by atoms with van der Waals surface area (Å²) in [6.45, 7) is 64.2. The predicted octanol–water partition coefficient (Wildman–Crippen LogP) is 20.8. The summed E-state index contributed by atoms with van der Waals surface area (Å²) in [6, 6.07) is 8.79. The predicted molar refractivity (Wildman–Crippen MR) is 298 cm³/mol. The molecule has 0 radical (unpaired) electrons. The fourth-order valence-electron chi connectivity index (χ4n) is 4.58. The van der Waals surface area contributed by atoms with Gasteiger partial charge in [-0.05, 0) is 117 Å². The summed E-state index contributed by atoms with van der Waals surface area (Å²) >= 11 is 0. The van der Waals surface area contributed by atoms with E-state index < -0.39 is 0 Å². The Bertz CT molecular complexity index is 1020. The zero-order valence-corrected chi connectivity index (χ0v) is 50.1. The van der Waals surface area contributed by atoms with E-state index in [0.717, 1.165) is 67.1 Å². The first-order valence-corrected chi connectivity index (χ1v) is 26.4. The number of hydrogen-bond donors (Lipinski definition) is 0. The summed E-state index contributed by atoms with van der Waals surface area (Å²) in [7, 11) is 0. The maximum Gasteiger partial charge on any atom is 0.130 e. The molecule has 0 aromatic heterocycles. The van der Waals surface area contributed by atoms with Crippen LogP contribution in [0, 0.1) is 71.5 Å². The first kappa shape index (κ1) is 79.3. The van der Waals surface area contributed by atoms with Crippen LogP contribution in [0.4, 0.5) is 0 Å². The molecule has 1 aromatic rings. The Hall–Kier alpha value is -1.77. The van der Waals surface area contributed by atoms with Gasteiger partial charge in [-0.2, -0.15) is 0 Å². The minimum atomic E-state index is 0.287. The van der Waals surface area contributed by atoms with Crippen LogP contribution in [0.25, 0.3) is 0 Å². The second kappa shape index (κ2) is 53.8. The summed E-state index contributed by atoms with van der Waals surface area (Å²) in [5.74, 6) is 8.60. The van der Waals surface area contributed by atoms with Gasteiger partial charge in [-0.1, -0.05) is 242 Å². The average molecular weight is 908 g/mol. The SMILES string of the molecule is CC(=O)CC(C)C.CC(=O)CC(C)C.CC(=O)CCC(C)C.CC(C)(C)C.CC(C)C(C)C.CC(C)CC(C)C.CCC(C)C.CCCCCC(C)C.Cc1ccc(CC(C)C)cc1. The number of unbranched alkanes of at least 4 members (excludes halogenated alkanes) is 2. The molecule has 0 aliphatic heterocycles. The van der Waals surface area contributed by atoms with Crippen molar-refractivity contribution in [2.75, 3.05) is 0 Å². The zero-order valence-electron chi connectivity index (χ0n) is 50.1. The Morgan fingerprint density at radius 1 is 0.453 bits per heavy atom. The first-order chi connectivity index (χ1) is 28.9. The van der Waals surface area contributed by atoms with E-state index in [0.29, 0.717) is 29.0 Å². The molecule has 0 atom stereocenters. The molecule has 0 bridgehead atoms. The summed E-state index contributed by atoms with van der Waals surface area (Å²) in [5.41, 5.74) is 3.29. The van der Waals surface area contributed by atoms with E-state index >= 15 is 0 Å². The molecular weight excluding hydrogens is 781 g/mol. The van der Waals surface area contributed by atoms with Crippen LogP contribution in [0.5, 0.6) is 0 Å². The highest BCUT2D eigenvalue weighted by atomic mass is 16.1. The number of aryl methyl sites for hydroxylation is 1. The van der Waals surface area contributed by atoms with Crippen molar-refractivity contribution in [2.24, 2.45) is 64.6 Å². The number of carbonyl (C=O) groups excluding carboxylic acids is 3. The Labute approximate surface area is 408 Å². The van der Waals surface area contributed by atoms with Crippen LogP contribution in [-0.4, -0.2) is 17.3 Å². The van der Waals surface area contributed by atoms with E-state index in [1.807, 2.05) is 27.7 Å². The monoisotopic (exact) mass is 907 g/mol. The highest BCUT2D eigenvalue weighted by Crippen LogP contribution is 2.11. The molecular formula is C61H126O3. The van der Waals surface area contributed by atoms with Gasteiger partial charge < -0.3 is 14.4 Å². The number of hydrogen-bond acceptors (Lipinski definition) is 3. The molecule has 388 valence electrons. The second-order valence-corrected chi connectivity index (χ2v) is 24.0. The summed E-state index contributed by atoms with van der Waals surface area (Å²) < 4.78 is 0. The molecule has 0 saturated carbocycles. The zero-order chi connectivity index (χ0) is 52.8. The topological polar surface area (TPSA) is 51.2 Å². The summed E-state index contributed by atoms with van der Waals surface area (Å²) in [5, 5.41) is 0. The maximum atomic E-state index is 10.3. The van der Waals surface area contributed by atoms with Crippen molar-refractivity contribution in [1.82, 2.24) is 0 Å². The number of Topliss-reactive ketones (excluding diaryl/α,β-unsaturated/α-hetero) is 3. The molecule has 3 nitrogen and oxygen atoms in total. The molecule has 1 aromatic carbocycles. The van der Waals surface area contributed by atoms with Gasteiger partial charge in [0.25, 0.3) is 0 Å². The third-order valence-corrected chi connectivity index (χ3v) is 8.71. The van der Waals surface area contributed by atoms with Gasteiger partial charge in [0.15, 0.2) is 0 Å². The van der Waals surface area contributed by atoms with Gasteiger partial charge in [0, 0.05) is 19.3 Å². The average Bonchev–Trinajstić information content (AvgIpc) is 3.07. The van der Waals surface area contributed by atoms with Gasteiger partial charge >= 0.3 is 0 Å². The van der Waals surface area contributed by atoms with E-state index in [-0.39, 0.29) is 11.6 Å². The van der Waals surface area contributed by atoms with Crippen LogP contribution < -0.4 is 0 Å². The van der Waals surface area contributed by atoms with Crippen molar-refractivity contribution >= 4 is 17.3 Å². The van der Waals surface area contributed by atoms with E-state index in [4.69, 9.17) is 0 Å². The van der Waals surface area contributed by atoms with Crippen molar-refractivity contribution in [1.29, 1.82) is 0 Å². The summed E-state index contributed by atoms with van der Waals surface area (Å²) in [6.07, 6.45) is 12.7. The highest BCUT2D eigenvalue weighted by molar-refractivity contribution is 5.76. The minimum Gasteiger partial charge on any atom is -0.300 e. The van der Waals surface area contributed by atoms with Crippen LogP contribution >= 0.6 is 0 Å². The molecule has 0 N–H and O–H groups in total. The molecule has 1 rings (SSSR count). The van der Waals surface area contributed by atoms with Crippen molar-refractivity contribution < 1.29 is 14.4 Å². The number of ketones is 3. The van der Waals surface area contributed by atoms with Gasteiger partial charge in [0.1, 0.15) is 17.3 Å². The quantitative estimate of drug-likeness (QED) is 0.146. The van der Waals surface area contributed by atoms with Crippen LogP contribution in [0.3, 0.4) is 0 Å². The molecule has 0 unspecified atom stereocenters. The largest absolute Gasteiger partial charge is 0.300 e. The van der Waals surface area contributed by atoms with E-state index in [1.165, 1.54) is 56.1 Å². The van der Waals surface area contributed by atoms with E-state index in [1.54, 1.807) is 20.8 Å². The van der Waals surface area contributed by atoms with E-state index in [9.17, 15) is 14.4 Å². The van der Waals surface area contributed by atoms with Gasteiger partial charge in [0.2, 0.25) is 0 Å². The summed E-state index contributed by atoms with van der Waals surface area (Å²) in [4.78, 5) is 30.9. The van der Waals surface area contributed by atoms with Gasteiger partial charge in [-0.25, -0.2) is 0 Å². The standard InChI is InChI=1S/C11H16.C8H18.C7H14O.C7H16.2C6H12O.C6H14.2C5H12/c1-9(2)8-11-6-4-10(3)5-7-11;1-4-5-6-7-8(2)3;1-6(2)4-5-7(3)8;1-6(2)5-7(3)4;2*1-5(2)4-6(3)7;1-5(2)6(3)4;1-5(2,3)4;1-4-5(2)3/h4-7,9H,8H2,1-3H3;8H,4-7H2,1-3H3;6H,4-5H2,1-3H3;6-7H,5H2,1-4H3;2*5H,4H2,1-3H3;5-6H,1-4H3;1-4H3;5H,4H2,1-3H3. The maximum absolute atomic E-state index is 10.3. The van der Waals surface area contributed by atoms with Gasteiger partial charge in [0.05, 0.1) is 0 Å². The lowest BCUT2D eigenvalue weighted by atomic mass is 10.0. The number of rotatable bonds is 17. The fraction of sp³-hybridized carbons (Fsp3) is 0.852. The molecule has 0 spiro atoms. The highest BCUT2D eigenvalue weighted by Gasteiger charge is 1.99. The van der Waals surface area contributed by atoms with Crippen LogP contribution in [0.15, 0.2) is 24.3 Å². The molecule has 0 saturated heterocycles. The third kappa shape index (κ3) is 131. The van der Waals surface area contributed by atoms with E-state index in [2.05, 4.69) is 184 Å². The number of benzene rings is 1.